The van der Waals surface area contributed by atoms with Crippen molar-refractivity contribution < 1.29 is 4.74 Å². The van der Waals surface area contributed by atoms with Crippen molar-refractivity contribution in [2.45, 2.75) is 60.8 Å². The van der Waals surface area contributed by atoms with E-state index in [0.717, 1.165) is 38.0 Å². The number of nitrogen functional groups attached to an aromatic ring is 1. The van der Waals surface area contributed by atoms with Gasteiger partial charge in [-0.2, -0.15) is 4.98 Å². The average Bonchev–Trinajstić information content (AvgIpc) is 3.18. The van der Waals surface area contributed by atoms with E-state index in [0.29, 0.717) is 18.3 Å². The zero-order valence-electron chi connectivity index (χ0n) is 17.3. The Morgan fingerprint density at radius 1 is 1.08 bits per heavy atom. The molecule has 0 amide bonds. The van der Waals surface area contributed by atoms with E-state index in [1.54, 1.807) is 11.3 Å². The van der Waals surface area contributed by atoms with Crippen LogP contribution in [0, 0.1) is 0 Å². The van der Waals surface area contributed by atoms with Gasteiger partial charge in [-0.3, -0.25) is 4.98 Å². The van der Waals surface area contributed by atoms with Gasteiger partial charge in [-0.15, -0.1) is 11.3 Å². The Balaban J connectivity index is 0.00000146. The standard InChI is InChI=1S/C16H24N4OS.2C2H6/c1-3-6-20(7-4-2)13-9-15(17)19-16(10-13)21-8-5-14-11-18-12-22-14;2*1-2/h9-12H,3-8H2,1-2H3,(H2,17,19);2*1-2H3. The molecule has 0 fully saturated rings. The summed E-state index contributed by atoms with van der Waals surface area (Å²) in [7, 11) is 0. The first-order valence-electron chi connectivity index (χ1n) is 9.75. The highest BCUT2D eigenvalue weighted by molar-refractivity contribution is 7.09. The summed E-state index contributed by atoms with van der Waals surface area (Å²) in [6.45, 7) is 15.0. The van der Waals surface area contributed by atoms with Gasteiger partial charge in [0.2, 0.25) is 5.88 Å². The molecule has 2 rings (SSSR count). The second-order valence-corrected chi connectivity index (χ2v) is 6.11. The monoisotopic (exact) mass is 380 g/mol. The highest BCUT2D eigenvalue weighted by Gasteiger charge is 2.09. The third-order valence-electron chi connectivity index (χ3n) is 3.24. The molecule has 0 saturated heterocycles. The topological polar surface area (TPSA) is 64.3 Å². The molecule has 148 valence electrons. The molecule has 0 aliphatic rings. The maximum Gasteiger partial charge on any atom is 0.217 e. The largest absolute Gasteiger partial charge is 0.477 e. The van der Waals surface area contributed by atoms with Crippen LogP contribution in [0.2, 0.25) is 0 Å². The SMILES string of the molecule is CC.CC.CCCN(CCC)c1cc(N)nc(OCCc2cncs2)c1. The molecule has 0 saturated carbocycles. The second-order valence-electron chi connectivity index (χ2n) is 5.14. The van der Waals surface area contributed by atoms with E-state index in [9.17, 15) is 0 Å². The van der Waals surface area contributed by atoms with Crippen molar-refractivity contribution in [1.82, 2.24) is 9.97 Å². The summed E-state index contributed by atoms with van der Waals surface area (Å²) in [5, 5.41) is 0. The summed E-state index contributed by atoms with van der Waals surface area (Å²) >= 11 is 1.64. The first-order chi connectivity index (χ1) is 12.7. The van der Waals surface area contributed by atoms with Crippen LogP contribution in [-0.4, -0.2) is 29.7 Å². The minimum Gasteiger partial charge on any atom is -0.477 e. The number of hydrogen-bond acceptors (Lipinski definition) is 6. The molecular formula is C20H36N4OS. The van der Waals surface area contributed by atoms with Crippen LogP contribution in [0.1, 0.15) is 59.3 Å². The number of rotatable bonds is 9. The van der Waals surface area contributed by atoms with Crippen LogP contribution in [0.3, 0.4) is 0 Å². The molecule has 2 heterocycles. The van der Waals surface area contributed by atoms with E-state index in [1.165, 1.54) is 4.88 Å². The first kappa shape index (κ1) is 24.2. The summed E-state index contributed by atoms with van der Waals surface area (Å²) in [6, 6.07) is 3.90. The lowest BCUT2D eigenvalue weighted by molar-refractivity contribution is 0.311. The predicted octanol–water partition coefficient (Wildman–Crippen LogP) is 5.42. The van der Waals surface area contributed by atoms with Crippen LogP contribution < -0.4 is 15.4 Å². The molecule has 0 bridgehead atoms. The van der Waals surface area contributed by atoms with Gasteiger partial charge in [-0.1, -0.05) is 41.5 Å². The Labute approximate surface area is 163 Å². The number of hydrogen-bond donors (Lipinski definition) is 1. The lowest BCUT2D eigenvalue weighted by Gasteiger charge is -2.24. The third kappa shape index (κ3) is 9.04. The smallest absolute Gasteiger partial charge is 0.217 e. The number of aromatic nitrogens is 2. The van der Waals surface area contributed by atoms with Gasteiger partial charge < -0.3 is 15.4 Å². The van der Waals surface area contributed by atoms with Crippen LogP contribution in [0.15, 0.2) is 23.8 Å². The molecule has 6 heteroatoms. The highest BCUT2D eigenvalue weighted by Crippen LogP contribution is 2.23. The zero-order chi connectivity index (χ0) is 19.8. The van der Waals surface area contributed by atoms with Gasteiger partial charge in [0, 0.05) is 48.4 Å². The molecular weight excluding hydrogens is 344 g/mol. The van der Waals surface area contributed by atoms with E-state index in [2.05, 4.69) is 28.7 Å². The van der Waals surface area contributed by atoms with E-state index in [1.807, 2.05) is 51.5 Å². The maximum atomic E-state index is 5.93. The summed E-state index contributed by atoms with van der Waals surface area (Å²) < 4.78 is 5.77. The third-order valence-corrected chi connectivity index (χ3v) is 4.08. The summed E-state index contributed by atoms with van der Waals surface area (Å²) in [6.07, 6.45) is 4.91. The normalized spacial score (nSPS) is 9.46. The molecule has 0 radical (unpaired) electrons. The van der Waals surface area contributed by atoms with Crippen LogP contribution in [-0.2, 0) is 6.42 Å². The number of thiazole rings is 1. The van der Waals surface area contributed by atoms with Crippen molar-refractivity contribution in [1.29, 1.82) is 0 Å². The number of pyridine rings is 1. The molecule has 0 aliphatic carbocycles. The second kappa shape index (κ2) is 15.4. The number of nitrogens with two attached hydrogens (primary N) is 1. The molecule has 0 spiro atoms. The minimum absolute atomic E-state index is 0.502. The predicted molar refractivity (Wildman–Crippen MR) is 115 cm³/mol. The molecule has 0 unspecified atom stereocenters. The van der Waals surface area contributed by atoms with Crippen LogP contribution >= 0.6 is 11.3 Å². The van der Waals surface area contributed by atoms with Crippen LogP contribution in [0.25, 0.3) is 0 Å². The maximum absolute atomic E-state index is 5.93. The number of ether oxygens (including phenoxy) is 1. The lowest BCUT2D eigenvalue weighted by atomic mass is 10.3. The molecule has 2 aromatic heterocycles. The first-order valence-corrected chi connectivity index (χ1v) is 10.6. The molecule has 0 atom stereocenters. The summed E-state index contributed by atoms with van der Waals surface area (Å²) in [5.74, 6) is 1.10. The van der Waals surface area contributed by atoms with Crippen molar-refractivity contribution in [2.75, 3.05) is 30.3 Å². The van der Waals surface area contributed by atoms with E-state index < -0.39 is 0 Å². The van der Waals surface area contributed by atoms with E-state index in [4.69, 9.17) is 10.5 Å². The Morgan fingerprint density at radius 2 is 1.73 bits per heavy atom. The molecule has 2 aromatic rings. The van der Waals surface area contributed by atoms with E-state index in [-0.39, 0.29) is 0 Å². The number of nitrogens with zero attached hydrogens (tertiary/aromatic N) is 3. The Kier molecular flexibility index (Phi) is 14.4. The molecule has 0 aliphatic heterocycles. The van der Waals surface area contributed by atoms with Crippen molar-refractivity contribution in [3.05, 3.63) is 28.7 Å². The van der Waals surface area contributed by atoms with Gasteiger partial charge in [-0.25, -0.2) is 0 Å². The Morgan fingerprint density at radius 3 is 2.27 bits per heavy atom. The van der Waals surface area contributed by atoms with Crippen LogP contribution in [0.4, 0.5) is 11.5 Å². The quantitative estimate of drug-likeness (QED) is 0.629. The van der Waals surface area contributed by atoms with Crippen molar-refractivity contribution in [2.24, 2.45) is 0 Å². The van der Waals surface area contributed by atoms with Gasteiger partial charge in [0.15, 0.2) is 0 Å². The number of anilines is 2. The molecule has 26 heavy (non-hydrogen) atoms. The summed E-state index contributed by atoms with van der Waals surface area (Å²) in [5.41, 5.74) is 8.85. The molecule has 2 N–H and O–H groups in total. The minimum atomic E-state index is 0.502. The van der Waals surface area contributed by atoms with E-state index >= 15 is 0 Å². The van der Waals surface area contributed by atoms with Crippen molar-refractivity contribution in [3.8, 4) is 5.88 Å². The van der Waals surface area contributed by atoms with Gasteiger partial charge in [-0.05, 0) is 12.8 Å². The van der Waals surface area contributed by atoms with Crippen molar-refractivity contribution >= 4 is 22.8 Å². The lowest BCUT2D eigenvalue weighted by Crippen LogP contribution is -2.25. The fraction of sp³-hybridized carbons (Fsp3) is 0.600. The average molecular weight is 381 g/mol. The van der Waals surface area contributed by atoms with Gasteiger partial charge in [0.1, 0.15) is 5.82 Å². The molecule has 5 nitrogen and oxygen atoms in total. The highest BCUT2D eigenvalue weighted by atomic mass is 32.1. The van der Waals surface area contributed by atoms with Gasteiger partial charge >= 0.3 is 0 Å². The molecule has 0 aromatic carbocycles. The summed E-state index contributed by atoms with van der Waals surface area (Å²) in [4.78, 5) is 11.9. The fourth-order valence-electron chi connectivity index (χ4n) is 2.30. The van der Waals surface area contributed by atoms with Crippen molar-refractivity contribution in [3.63, 3.8) is 0 Å². The van der Waals surface area contributed by atoms with Crippen LogP contribution in [0.5, 0.6) is 5.88 Å². The Hall–Kier alpha value is -1.82. The Bertz CT molecular complexity index is 555. The van der Waals surface area contributed by atoms with Gasteiger partial charge in [0.25, 0.3) is 0 Å². The van der Waals surface area contributed by atoms with Gasteiger partial charge in [0.05, 0.1) is 12.1 Å². The zero-order valence-corrected chi connectivity index (χ0v) is 18.1. The fourth-order valence-corrected chi connectivity index (χ4v) is 2.88.